The zero-order valence-electron chi connectivity index (χ0n) is 7.93. The third-order valence-corrected chi connectivity index (χ3v) is 1.85. The molecule has 0 saturated heterocycles. The van der Waals surface area contributed by atoms with Crippen LogP contribution in [0.2, 0.25) is 0 Å². The van der Waals surface area contributed by atoms with E-state index in [0.717, 1.165) is 5.56 Å². The van der Waals surface area contributed by atoms with E-state index in [4.69, 9.17) is 9.15 Å². The van der Waals surface area contributed by atoms with E-state index in [1.54, 1.807) is 0 Å². The lowest BCUT2D eigenvalue weighted by Gasteiger charge is -2.00. The van der Waals surface area contributed by atoms with E-state index in [2.05, 4.69) is 4.98 Å². The molecule has 1 aromatic heterocycles. The Balaban J connectivity index is 2.37. The molecule has 0 amide bonds. The van der Waals surface area contributed by atoms with Crippen LogP contribution in [0.15, 0.2) is 41.1 Å². The van der Waals surface area contributed by atoms with Crippen molar-refractivity contribution in [3.63, 3.8) is 0 Å². The van der Waals surface area contributed by atoms with E-state index < -0.39 is 0 Å². The monoisotopic (exact) mass is 189 g/mol. The van der Waals surface area contributed by atoms with Gasteiger partial charge in [0.2, 0.25) is 0 Å². The van der Waals surface area contributed by atoms with E-state index in [1.165, 1.54) is 6.39 Å². The molecule has 3 nitrogen and oxygen atoms in total. The molecule has 3 heteroatoms. The van der Waals surface area contributed by atoms with Gasteiger partial charge in [-0.2, -0.15) is 4.98 Å². The van der Waals surface area contributed by atoms with E-state index in [-0.39, 0.29) is 0 Å². The SMILES string of the molecule is CCOc1ncoc1-c1ccccc1. The molecule has 2 rings (SSSR count). The predicted octanol–water partition coefficient (Wildman–Crippen LogP) is 2.74. The second-order valence-electron chi connectivity index (χ2n) is 2.79. The van der Waals surface area contributed by atoms with Gasteiger partial charge in [-0.05, 0) is 6.92 Å². The van der Waals surface area contributed by atoms with Gasteiger partial charge in [0, 0.05) is 5.56 Å². The minimum absolute atomic E-state index is 0.554. The van der Waals surface area contributed by atoms with Gasteiger partial charge in [-0.3, -0.25) is 0 Å². The molecule has 0 N–H and O–H groups in total. The second-order valence-corrected chi connectivity index (χ2v) is 2.79. The number of rotatable bonds is 3. The fourth-order valence-electron chi connectivity index (χ4n) is 1.26. The fourth-order valence-corrected chi connectivity index (χ4v) is 1.26. The molecule has 0 aliphatic heterocycles. The van der Waals surface area contributed by atoms with Crippen molar-refractivity contribution in [2.24, 2.45) is 0 Å². The highest BCUT2D eigenvalue weighted by atomic mass is 16.5. The number of ether oxygens (including phenoxy) is 1. The van der Waals surface area contributed by atoms with Gasteiger partial charge >= 0.3 is 0 Å². The lowest BCUT2D eigenvalue weighted by atomic mass is 10.2. The van der Waals surface area contributed by atoms with Crippen molar-refractivity contribution in [3.8, 4) is 17.2 Å². The molecular weight excluding hydrogens is 178 g/mol. The molecule has 0 spiro atoms. The zero-order valence-corrected chi connectivity index (χ0v) is 7.93. The van der Waals surface area contributed by atoms with Gasteiger partial charge in [-0.25, -0.2) is 0 Å². The topological polar surface area (TPSA) is 35.3 Å². The summed E-state index contributed by atoms with van der Waals surface area (Å²) in [6.45, 7) is 2.51. The summed E-state index contributed by atoms with van der Waals surface area (Å²) in [5.41, 5.74) is 0.980. The number of hydrogen-bond acceptors (Lipinski definition) is 3. The van der Waals surface area contributed by atoms with Crippen LogP contribution in [0.1, 0.15) is 6.92 Å². The van der Waals surface area contributed by atoms with Gasteiger partial charge in [-0.15, -0.1) is 0 Å². The fraction of sp³-hybridized carbons (Fsp3) is 0.182. The first-order valence-corrected chi connectivity index (χ1v) is 4.53. The summed E-state index contributed by atoms with van der Waals surface area (Å²) >= 11 is 0. The maximum atomic E-state index is 5.33. The number of nitrogens with zero attached hydrogens (tertiary/aromatic N) is 1. The molecule has 0 bridgehead atoms. The van der Waals surface area contributed by atoms with Crippen molar-refractivity contribution in [1.29, 1.82) is 0 Å². The summed E-state index contributed by atoms with van der Waals surface area (Å²) in [5.74, 6) is 1.24. The Morgan fingerprint density at radius 1 is 1.29 bits per heavy atom. The van der Waals surface area contributed by atoms with Crippen molar-refractivity contribution in [2.75, 3.05) is 6.61 Å². The van der Waals surface area contributed by atoms with Crippen molar-refractivity contribution >= 4 is 0 Å². The van der Waals surface area contributed by atoms with Crippen LogP contribution in [-0.2, 0) is 0 Å². The van der Waals surface area contributed by atoms with E-state index in [0.29, 0.717) is 18.2 Å². The van der Waals surface area contributed by atoms with E-state index in [1.807, 2.05) is 37.3 Å². The van der Waals surface area contributed by atoms with Crippen LogP contribution in [0.3, 0.4) is 0 Å². The number of benzene rings is 1. The molecule has 0 unspecified atom stereocenters. The van der Waals surface area contributed by atoms with Crippen LogP contribution in [0.4, 0.5) is 0 Å². The first-order valence-electron chi connectivity index (χ1n) is 4.53. The maximum absolute atomic E-state index is 5.33. The number of hydrogen-bond donors (Lipinski definition) is 0. The maximum Gasteiger partial charge on any atom is 0.261 e. The second kappa shape index (κ2) is 3.96. The van der Waals surface area contributed by atoms with Gasteiger partial charge in [0.05, 0.1) is 6.61 Å². The highest BCUT2D eigenvalue weighted by Crippen LogP contribution is 2.28. The van der Waals surface area contributed by atoms with Gasteiger partial charge in [-0.1, -0.05) is 30.3 Å². The van der Waals surface area contributed by atoms with Crippen molar-refractivity contribution in [2.45, 2.75) is 6.92 Å². The molecule has 0 aliphatic rings. The van der Waals surface area contributed by atoms with Crippen LogP contribution in [0.5, 0.6) is 5.88 Å². The molecule has 14 heavy (non-hydrogen) atoms. The molecule has 0 atom stereocenters. The quantitative estimate of drug-likeness (QED) is 0.744. The Morgan fingerprint density at radius 3 is 2.79 bits per heavy atom. The van der Waals surface area contributed by atoms with Crippen LogP contribution in [-0.4, -0.2) is 11.6 Å². The lowest BCUT2D eigenvalue weighted by Crippen LogP contribution is -1.92. The first kappa shape index (κ1) is 8.81. The zero-order chi connectivity index (χ0) is 9.80. The van der Waals surface area contributed by atoms with Crippen LogP contribution in [0.25, 0.3) is 11.3 Å². The van der Waals surface area contributed by atoms with Crippen molar-refractivity contribution in [3.05, 3.63) is 36.7 Å². The summed E-state index contributed by atoms with van der Waals surface area (Å²) < 4.78 is 10.6. The molecule has 72 valence electrons. The number of oxazole rings is 1. The summed E-state index contributed by atoms with van der Waals surface area (Å²) in [6.07, 6.45) is 1.40. The Morgan fingerprint density at radius 2 is 2.07 bits per heavy atom. The van der Waals surface area contributed by atoms with Crippen LogP contribution >= 0.6 is 0 Å². The molecule has 0 aliphatic carbocycles. The standard InChI is InChI=1S/C11H11NO2/c1-2-13-11-10(14-8-12-11)9-6-4-3-5-7-9/h3-8H,2H2,1H3. The van der Waals surface area contributed by atoms with Crippen LogP contribution < -0.4 is 4.74 Å². The highest BCUT2D eigenvalue weighted by molar-refractivity contribution is 5.61. The summed E-state index contributed by atoms with van der Waals surface area (Å²) in [7, 11) is 0. The molecule has 1 heterocycles. The smallest absolute Gasteiger partial charge is 0.261 e. The normalized spacial score (nSPS) is 10.1. The summed E-state index contributed by atoms with van der Waals surface area (Å²) in [5, 5.41) is 0. The van der Waals surface area contributed by atoms with Gasteiger partial charge in [0.25, 0.3) is 5.88 Å². The average molecular weight is 189 g/mol. The Kier molecular flexibility index (Phi) is 2.49. The van der Waals surface area contributed by atoms with Crippen molar-refractivity contribution < 1.29 is 9.15 Å². The number of aromatic nitrogens is 1. The first-order chi connectivity index (χ1) is 6.92. The highest BCUT2D eigenvalue weighted by Gasteiger charge is 2.10. The lowest BCUT2D eigenvalue weighted by molar-refractivity contribution is 0.328. The predicted molar refractivity (Wildman–Crippen MR) is 53.1 cm³/mol. The molecular formula is C11H11NO2. The Hall–Kier alpha value is -1.77. The molecule has 1 aromatic carbocycles. The molecule has 0 saturated carbocycles. The Bertz CT molecular complexity index is 395. The third kappa shape index (κ3) is 1.62. The largest absolute Gasteiger partial charge is 0.475 e. The molecule has 2 aromatic rings. The minimum atomic E-state index is 0.554. The van der Waals surface area contributed by atoms with Gasteiger partial charge < -0.3 is 9.15 Å². The van der Waals surface area contributed by atoms with Gasteiger partial charge in [0.15, 0.2) is 12.2 Å². The minimum Gasteiger partial charge on any atom is -0.475 e. The molecule has 0 radical (unpaired) electrons. The van der Waals surface area contributed by atoms with E-state index in [9.17, 15) is 0 Å². The van der Waals surface area contributed by atoms with Gasteiger partial charge in [0.1, 0.15) is 0 Å². The summed E-state index contributed by atoms with van der Waals surface area (Å²) in [4.78, 5) is 3.99. The summed E-state index contributed by atoms with van der Waals surface area (Å²) in [6, 6.07) is 9.79. The average Bonchev–Trinajstić information content (AvgIpc) is 2.68. The van der Waals surface area contributed by atoms with E-state index >= 15 is 0 Å². The third-order valence-electron chi connectivity index (χ3n) is 1.85. The van der Waals surface area contributed by atoms with Crippen molar-refractivity contribution in [1.82, 2.24) is 4.98 Å². The molecule has 0 fully saturated rings. The Labute approximate surface area is 82.3 Å². The van der Waals surface area contributed by atoms with Crippen LogP contribution in [0, 0.1) is 0 Å².